The van der Waals surface area contributed by atoms with Gasteiger partial charge in [0.2, 0.25) is 0 Å². The van der Waals surface area contributed by atoms with Crippen molar-refractivity contribution >= 4 is 5.69 Å². The highest BCUT2D eigenvalue weighted by Crippen LogP contribution is 2.40. The minimum atomic E-state index is -0.0703. The molecule has 3 rings (SSSR count). The lowest BCUT2D eigenvalue weighted by atomic mass is 10.00. The first-order chi connectivity index (χ1) is 9.69. The summed E-state index contributed by atoms with van der Waals surface area (Å²) >= 11 is 0. The van der Waals surface area contributed by atoms with E-state index in [2.05, 4.69) is 42.3 Å². The van der Waals surface area contributed by atoms with Gasteiger partial charge in [0.1, 0.15) is 0 Å². The lowest BCUT2D eigenvalue weighted by Crippen LogP contribution is -2.24. The third-order valence-electron chi connectivity index (χ3n) is 5.08. The summed E-state index contributed by atoms with van der Waals surface area (Å²) < 4.78 is 0. The van der Waals surface area contributed by atoms with Gasteiger partial charge < -0.3 is 15.3 Å². The average Bonchev–Trinajstić information content (AvgIpc) is 3.00. The summed E-state index contributed by atoms with van der Waals surface area (Å²) in [5.74, 6) is 1.20. The zero-order valence-electron chi connectivity index (χ0n) is 12.6. The van der Waals surface area contributed by atoms with E-state index in [1.165, 1.54) is 23.2 Å². The first-order valence-corrected chi connectivity index (χ1v) is 7.92. The monoisotopic (exact) mass is 274 g/mol. The van der Waals surface area contributed by atoms with Gasteiger partial charge in [-0.25, -0.2) is 0 Å². The average molecular weight is 274 g/mol. The van der Waals surface area contributed by atoms with Gasteiger partial charge in [0.25, 0.3) is 0 Å². The molecule has 1 aromatic carbocycles. The van der Waals surface area contributed by atoms with Crippen LogP contribution in [0.3, 0.4) is 0 Å². The molecule has 0 amide bonds. The summed E-state index contributed by atoms with van der Waals surface area (Å²) in [4.78, 5) is 2.46. The Balaban J connectivity index is 1.71. The van der Waals surface area contributed by atoms with E-state index in [0.717, 1.165) is 32.6 Å². The van der Waals surface area contributed by atoms with Crippen molar-refractivity contribution in [3.63, 3.8) is 0 Å². The molecule has 3 unspecified atom stereocenters. The van der Waals surface area contributed by atoms with Crippen molar-refractivity contribution in [3.05, 3.63) is 29.3 Å². The molecular weight excluding hydrogens is 248 g/mol. The predicted octanol–water partition coefficient (Wildman–Crippen LogP) is 2.31. The second kappa shape index (κ2) is 5.74. The zero-order valence-corrected chi connectivity index (χ0v) is 12.6. The number of benzene rings is 1. The summed E-state index contributed by atoms with van der Waals surface area (Å²) in [6.45, 7) is 8.44. The quantitative estimate of drug-likeness (QED) is 0.884. The Labute approximate surface area is 122 Å². The minimum absolute atomic E-state index is 0.0703. The van der Waals surface area contributed by atoms with Crippen LogP contribution in [0.2, 0.25) is 0 Å². The molecule has 20 heavy (non-hydrogen) atoms. The maximum absolute atomic E-state index is 10.0. The number of anilines is 1. The molecule has 110 valence electrons. The predicted molar refractivity (Wildman–Crippen MR) is 83.0 cm³/mol. The Morgan fingerprint density at radius 2 is 2.15 bits per heavy atom. The fourth-order valence-electron chi connectivity index (χ4n) is 3.78. The number of nitrogens with zero attached hydrogens (tertiary/aromatic N) is 1. The molecule has 1 saturated heterocycles. The van der Waals surface area contributed by atoms with Crippen LogP contribution in [-0.2, 0) is 6.54 Å². The summed E-state index contributed by atoms with van der Waals surface area (Å²) in [7, 11) is 0. The highest BCUT2D eigenvalue weighted by Gasteiger charge is 2.41. The van der Waals surface area contributed by atoms with Gasteiger partial charge in [-0.1, -0.05) is 13.0 Å². The Morgan fingerprint density at radius 1 is 1.30 bits per heavy atom. The largest absolute Gasteiger partial charge is 0.393 e. The van der Waals surface area contributed by atoms with Crippen molar-refractivity contribution in [3.8, 4) is 0 Å². The van der Waals surface area contributed by atoms with E-state index in [0.29, 0.717) is 11.8 Å². The Hall–Kier alpha value is -1.06. The van der Waals surface area contributed by atoms with Crippen LogP contribution in [0, 0.1) is 18.8 Å². The van der Waals surface area contributed by atoms with Crippen LogP contribution in [0.1, 0.15) is 30.9 Å². The van der Waals surface area contributed by atoms with Gasteiger partial charge in [0.15, 0.2) is 0 Å². The highest BCUT2D eigenvalue weighted by atomic mass is 16.3. The second-order valence-electron chi connectivity index (χ2n) is 6.36. The van der Waals surface area contributed by atoms with Crippen molar-refractivity contribution in [2.75, 3.05) is 24.5 Å². The Bertz CT molecular complexity index is 474. The van der Waals surface area contributed by atoms with Crippen LogP contribution in [0.25, 0.3) is 0 Å². The number of nitrogens with one attached hydrogen (secondary N) is 1. The molecule has 0 spiro atoms. The van der Waals surface area contributed by atoms with E-state index in [-0.39, 0.29) is 6.10 Å². The van der Waals surface area contributed by atoms with Crippen LogP contribution in [0.15, 0.2) is 18.2 Å². The maximum atomic E-state index is 10.0. The van der Waals surface area contributed by atoms with Gasteiger partial charge in [-0.3, -0.25) is 0 Å². The number of fused-ring (bicyclic) bond motifs is 1. The molecule has 1 heterocycles. The molecule has 2 fully saturated rings. The number of hydrogen-bond acceptors (Lipinski definition) is 3. The van der Waals surface area contributed by atoms with Gasteiger partial charge in [-0.15, -0.1) is 0 Å². The number of hydrogen-bond donors (Lipinski definition) is 2. The van der Waals surface area contributed by atoms with Crippen LogP contribution in [-0.4, -0.2) is 30.8 Å². The fourth-order valence-corrected chi connectivity index (χ4v) is 3.78. The molecule has 3 atom stereocenters. The van der Waals surface area contributed by atoms with Crippen molar-refractivity contribution in [2.24, 2.45) is 11.8 Å². The first kappa shape index (κ1) is 13.9. The lowest BCUT2D eigenvalue weighted by Gasteiger charge is -2.22. The van der Waals surface area contributed by atoms with E-state index in [1.807, 2.05) is 0 Å². The van der Waals surface area contributed by atoms with Crippen molar-refractivity contribution in [2.45, 2.75) is 39.3 Å². The summed E-state index contributed by atoms with van der Waals surface area (Å²) in [5, 5.41) is 13.4. The SMILES string of the molecule is CCNCc1ccc(N2CC3CCC(O)C3C2)cc1C. The summed E-state index contributed by atoms with van der Waals surface area (Å²) in [6, 6.07) is 6.80. The minimum Gasteiger partial charge on any atom is -0.393 e. The van der Waals surface area contributed by atoms with E-state index < -0.39 is 0 Å². The second-order valence-corrected chi connectivity index (χ2v) is 6.36. The Kier molecular flexibility index (Phi) is 3.99. The number of aliphatic hydroxyl groups excluding tert-OH is 1. The third-order valence-corrected chi connectivity index (χ3v) is 5.08. The van der Waals surface area contributed by atoms with Crippen molar-refractivity contribution in [1.29, 1.82) is 0 Å². The van der Waals surface area contributed by atoms with Gasteiger partial charge in [-0.2, -0.15) is 0 Å². The lowest BCUT2D eigenvalue weighted by molar-refractivity contribution is 0.133. The van der Waals surface area contributed by atoms with E-state index in [4.69, 9.17) is 0 Å². The normalized spacial score (nSPS) is 28.9. The van der Waals surface area contributed by atoms with Gasteiger partial charge in [0.05, 0.1) is 6.10 Å². The molecule has 1 aliphatic carbocycles. The highest BCUT2D eigenvalue weighted by molar-refractivity contribution is 5.52. The molecule has 0 radical (unpaired) electrons. The summed E-state index contributed by atoms with van der Waals surface area (Å²) in [5.41, 5.74) is 4.07. The van der Waals surface area contributed by atoms with Crippen molar-refractivity contribution < 1.29 is 5.11 Å². The first-order valence-electron chi connectivity index (χ1n) is 7.92. The zero-order chi connectivity index (χ0) is 14.1. The van der Waals surface area contributed by atoms with Crippen LogP contribution in [0.5, 0.6) is 0 Å². The maximum Gasteiger partial charge on any atom is 0.0588 e. The van der Waals surface area contributed by atoms with Crippen molar-refractivity contribution in [1.82, 2.24) is 5.32 Å². The van der Waals surface area contributed by atoms with E-state index in [9.17, 15) is 5.11 Å². The molecule has 1 aliphatic heterocycles. The molecule has 1 saturated carbocycles. The number of aliphatic hydroxyl groups is 1. The Morgan fingerprint density at radius 3 is 2.85 bits per heavy atom. The molecular formula is C17H26N2O. The topological polar surface area (TPSA) is 35.5 Å². The van der Waals surface area contributed by atoms with Gasteiger partial charge in [0, 0.05) is 31.2 Å². The number of aryl methyl sites for hydroxylation is 1. The van der Waals surface area contributed by atoms with E-state index >= 15 is 0 Å². The fraction of sp³-hybridized carbons (Fsp3) is 0.647. The van der Waals surface area contributed by atoms with Gasteiger partial charge in [-0.05, 0) is 55.5 Å². The number of rotatable bonds is 4. The van der Waals surface area contributed by atoms with Crippen LogP contribution >= 0.6 is 0 Å². The summed E-state index contributed by atoms with van der Waals surface area (Å²) in [6.07, 6.45) is 2.13. The molecule has 2 N–H and O–H groups in total. The van der Waals surface area contributed by atoms with E-state index in [1.54, 1.807) is 0 Å². The molecule has 2 aliphatic rings. The standard InChI is InChI=1S/C17H26N2O/c1-3-18-9-13-4-6-15(8-12(13)2)19-10-14-5-7-17(20)16(14)11-19/h4,6,8,14,16-18,20H,3,5,7,9-11H2,1-2H3. The molecule has 3 nitrogen and oxygen atoms in total. The smallest absolute Gasteiger partial charge is 0.0588 e. The van der Waals surface area contributed by atoms with Crippen LogP contribution in [0.4, 0.5) is 5.69 Å². The molecule has 1 aromatic rings. The molecule has 3 heteroatoms. The third kappa shape index (κ3) is 2.57. The van der Waals surface area contributed by atoms with Gasteiger partial charge >= 0.3 is 0 Å². The van der Waals surface area contributed by atoms with Crippen LogP contribution < -0.4 is 10.2 Å². The molecule has 0 aromatic heterocycles. The molecule has 0 bridgehead atoms.